The third kappa shape index (κ3) is 9.93. The van der Waals surface area contributed by atoms with Crippen molar-refractivity contribution < 1.29 is 9.53 Å². The number of esters is 1. The number of hydrogen-bond donors (Lipinski definition) is 1. The van der Waals surface area contributed by atoms with Crippen molar-refractivity contribution in [3.05, 3.63) is 0 Å². The fraction of sp³-hybridized carbons (Fsp3) is 0.846. The van der Waals surface area contributed by atoms with Gasteiger partial charge in [0.15, 0.2) is 0 Å². The van der Waals surface area contributed by atoms with Gasteiger partial charge in [-0.3, -0.25) is 9.79 Å². The maximum atomic E-state index is 11.4. The van der Waals surface area contributed by atoms with E-state index in [-0.39, 0.29) is 17.9 Å². The van der Waals surface area contributed by atoms with Crippen LogP contribution in [0.15, 0.2) is 10.1 Å². The minimum atomic E-state index is -0.457. The van der Waals surface area contributed by atoms with Crippen LogP contribution in [-0.4, -0.2) is 30.9 Å². The van der Waals surface area contributed by atoms with Crippen molar-refractivity contribution in [2.45, 2.75) is 53.1 Å². The number of carbonyl (C=O) groups is 1. The molecule has 5 heteroatoms. The van der Waals surface area contributed by atoms with Crippen LogP contribution in [0.5, 0.6) is 0 Å². The highest BCUT2D eigenvalue weighted by molar-refractivity contribution is 5.74. The van der Waals surface area contributed by atoms with Gasteiger partial charge in [0.05, 0.1) is 6.54 Å². The van der Waals surface area contributed by atoms with Crippen LogP contribution in [-0.2, 0) is 9.53 Å². The number of nitrogens with one attached hydrogen (secondary N) is 1. The van der Waals surface area contributed by atoms with Crippen molar-refractivity contribution in [3.8, 4) is 0 Å². The van der Waals surface area contributed by atoms with E-state index in [0.29, 0.717) is 6.54 Å². The summed E-state index contributed by atoms with van der Waals surface area (Å²) in [6.45, 7) is 10.3. The summed E-state index contributed by atoms with van der Waals surface area (Å²) in [5.41, 5.74) is 6.37. The largest absolute Gasteiger partial charge is 0.459 e. The summed E-state index contributed by atoms with van der Waals surface area (Å²) in [4.78, 5) is 15.5. The first-order chi connectivity index (χ1) is 8.16. The van der Waals surface area contributed by atoms with Gasteiger partial charge in [0.1, 0.15) is 12.1 Å². The van der Waals surface area contributed by atoms with Gasteiger partial charge in [0.2, 0.25) is 0 Å². The van der Waals surface area contributed by atoms with Crippen molar-refractivity contribution in [1.82, 2.24) is 0 Å². The minimum absolute atomic E-state index is 0.0575. The molecule has 0 rings (SSSR count). The third-order valence-corrected chi connectivity index (χ3v) is 2.31. The Morgan fingerprint density at radius 2 is 1.89 bits per heavy atom. The van der Waals surface area contributed by atoms with Crippen LogP contribution in [0, 0.1) is 10.9 Å². The maximum absolute atomic E-state index is 11.4. The standard InChI is InChI=1S/C13H25N3O2/c1-12(2,3)18-11(17)10-15-8-6-13(4,5)7-9-16-14/h8,14H,6-7,9-10H2,1-5H3/b15-8+,16-14?. The van der Waals surface area contributed by atoms with E-state index in [1.54, 1.807) is 6.21 Å². The molecule has 0 fully saturated rings. The summed E-state index contributed by atoms with van der Waals surface area (Å²) in [6.07, 6.45) is 3.37. The molecule has 0 bridgehead atoms. The Bertz CT molecular complexity index is 304. The van der Waals surface area contributed by atoms with E-state index in [0.717, 1.165) is 12.8 Å². The second-order valence-corrected chi connectivity index (χ2v) is 6.11. The molecule has 0 aliphatic heterocycles. The number of nitrogens with zero attached hydrogens (tertiary/aromatic N) is 2. The fourth-order valence-electron chi connectivity index (χ4n) is 1.29. The monoisotopic (exact) mass is 255 g/mol. The lowest BCUT2D eigenvalue weighted by atomic mass is 9.86. The smallest absolute Gasteiger partial charge is 0.328 e. The number of ether oxygens (including phenoxy) is 1. The molecule has 0 radical (unpaired) electrons. The van der Waals surface area contributed by atoms with E-state index in [1.165, 1.54) is 0 Å². The molecule has 0 spiro atoms. The number of aliphatic imine (C=N–C) groups is 1. The lowest BCUT2D eigenvalue weighted by molar-refractivity contribution is -0.152. The molecule has 104 valence electrons. The van der Waals surface area contributed by atoms with Gasteiger partial charge in [-0.2, -0.15) is 5.11 Å². The van der Waals surface area contributed by atoms with Crippen LogP contribution in [0.4, 0.5) is 0 Å². The molecule has 0 aromatic rings. The van der Waals surface area contributed by atoms with Gasteiger partial charge in [0, 0.05) is 0 Å². The van der Waals surface area contributed by atoms with Crippen molar-refractivity contribution >= 4 is 12.2 Å². The molecule has 0 aromatic heterocycles. The summed E-state index contributed by atoms with van der Waals surface area (Å²) in [5, 5.41) is 3.35. The molecule has 0 aliphatic rings. The van der Waals surface area contributed by atoms with Crippen LogP contribution in [0.3, 0.4) is 0 Å². The van der Waals surface area contributed by atoms with E-state index in [1.807, 2.05) is 20.8 Å². The molecule has 0 atom stereocenters. The lowest BCUT2D eigenvalue weighted by Crippen LogP contribution is -2.25. The van der Waals surface area contributed by atoms with Gasteiger partial charge in [-0.15, -0.1) is 0 Å². The third-order valence-electron chi connectivity index (χ3n) is 2.31. The first-order valence-electron chi connectivity index (χ1n) is 6.20. The fourth-order valence-corrected chi connectivity index (χ4v) is 1.29. The Hall–Kier alpha value is -1.26. The molecule has 0 aliphatic carbocycles. The van der Waals surface area contributed by atoms with Gasteiger partial charge in [0.25, 0.3) is 0 Å². The summed E-state index contributed by atoms with van der Waals surface area (Å²) in [5.74, 6) is -0.308. The lowest BCUT2D eigenvalue weighted by Gasteiger charge is -2.21. The zero-order valence-electron chi connectivity index (χ0n) is 12.1. The Kier molecular flexibility index (Phi) is 6.73. The molecule has 0 heterocycles. The summed E-state index contributed by atoms with van der Waals surface area (Å²) in [7, 11) is 0. The molecular formula is C13H25N3O2. The van der Waals surface area contributed by atoms with Gasteiger partial charge in [-0.25, -0.2) is 5.53 Å². The molecule has 1 N–H and O–H groups in total. The van der Waals surface area contributed by atoms with E-state index in [4.69, 9.17) is 10.3 Å². The van der Waals surface area contributed by atoms with Crippen molar-refractivity contribution in [3.63, 3.8) is 0 Å². The van der Waals surface area contributed by atoms with Crippen molar-refractivity contribution in [2.75, 3.05) is 13.1 Å². The second kappa shape index (κ2) is 7.24. The number of rotatable bonds is 7. The Balaban J connectivity index is 3.96. The van der Waals surface area contributed by atoms with E-state index in [2.05, 4.69) is 24.0 Å². The summed E-state index contributed by atoms with van der Waals surface area (Å²) >= 11 is 0. The van der Waals surface area contributed by atoms with Crippen molar-refractivity contribution in [1.29, 1.82) is 5.53 Å². The summed E-state index contributed by atoms with van der Waals surface area (Å²) in [6, 6.07) is 0. The van der Waals surface area contributed by atoms with Crippen LogP contribution >= 0.6 is 0 Å². The molecule has 0 saturated heterocycles. The Morgan fingerprint density at radius 1 is 1.28 bits per heavy atom. The van der Waals surface area contributed by atoms with Crippen LogP contribution in [0.25, 0.3) is 0 Å². The van der Waals surface area contributed by atoms with E-state index in [9.17, 15) is 4.79 Å². The highest BCUT2D eigenvalue weighted by Gasteiger charge is 2.17. The van der Waals surface area contributed by atoms with Gasteiger partial charge in [-0.1, -0.05) is 13.8 Å². The molecule has 0 aromatic carbocycles. The Morgan fingerprint density at radius 3 is 2.39 bits per heavy atom. The average Bonchev–Trinajstić information content (AvgIpc) is 2.19. The first kappa shape index (κ1) is 16.7. The van der Waals surface area contributed by atoms with Gasteiger partial charge in [-0.05, 0) is 45.2 Å². The zero-order valence-corrected chi connectivity index (χ0v) is 12.1. The topological polar surface area (TPSA) is 74.9 Å². The van der Waals surface area contributed by atoms with Gasteiger partial charge < -0.3 is 4.74 Å². The SMILES string of the molecule is CC(C)(C/C=N/CC(=O)OC(C)(C)C)CCN=N. The highest BCUT2D eigenvalue weighted by Crippen LogP contribution is 2.23. The van der Waals surface area contributed by atoms with Crippen molar-refractivity contribution in [2.24, 2.45) is 15.5 Å². The van der Waals surface area contributed by atoms with E-state index >= 15 is 0 Å². The highest BCUT2D eigenvalue weighted by atomic mass is 16.6. The number of carbonyl (C=O) groups excluding carboxylic acids is 1. The molecule has 18 heavy (non-hydrogen) atoms. The molecule has 0 saturated carbocycles. The predicted octanol–water partition coefficient (Wildman–Crippen LogP) is 3.24. The van der Waals surface area contributed by atoms with Crippen LogP contribution < -0.4 is 0 Å². The summed E-state index contributed by atoms with van der Waals surface area (Å²) < 4.78 is 5.14. The normalized spacial score (nSPS) is 12.7. The van der Waals surface area contributed by atoms with E-state index < -0.39 is 5.60 Å². The minimum Gasteiger partial charge on any atom is -0.459 e. The number of hydrogen-bond acceptors (Lipinski definition) is 5. The molecular weight excluding hydrogens is 230 g/mol. The van der Waals surface area contributed by atoms with Crippen LogP contribution in [0.1, 0.15) is 47.5 Å². The molecule has 0 amide bonds. The predicted molar refractivity (Wildman–Crippen MR) is 72.2 cm³/mol. The van der Waals surface area contributed by atoms with Gasteiger partial charge >= 0.3 is 5.97 Å². The maximum Gasteiger partial charge on any atom is 0.328 e. The first-order valence-corrected chi connectivity index (χ1v) is 6.20. The molecule has 0 unspecified atom stereocenters. The Labute approximate surface area is 110 Å². The zero-order chi connectivity index (χ0) is 14.2. The molecule has 5 nitrogen and oxygen atoms in total. The quantitative estimate of drug-likeness (QED) is 0.431. The second-order valence-electron chi connectivity index (χ2n) is 6.11. The van der Waals surface area contributed by atoms with Crippen LogP contribution in [0.2, 0.25) is 0 Å². The average molecular weight is 255 g/mol.